The van der Waals surface area contributed by atoms with Crippen LogP contribution in [0, 0.1) is 25.2 Å². The third kappa shape index (κ3) is 2.08. The van der Waals surface area contributed by atoms with Gasteiger partial charge >= 0.3 is 0 Å². The summed E-state index contributed by atoms with van der Waals surface area (Å²) in [6.07, 6.45) is 0. The van der Waals surface area contributed by atoms with E-state index in [1.807, 2.05) is 38.1 Å². The average Bonchev–Trinajstić information content (AvgIpc) is 2.30. The van der Waals surface area contributed by atoms with Crippen LogP contribution in [0.4, 0.5) is 0 Å². The summed E-state index contributed by atoms with van der Waals surface area (Å²) in [6, 6.07) is 9.14. The number of aryl methyl sites for hydroxylation is 2. The second kappa shape index (κ2) is 4.22. The summed E-state index contributed by atoms with van der Waals surface area (Å²) in [6.45, 7) is 3.96. The Hall–Kier alpha value is -2.41. The lowest BCUT2D eigenvalue weighted by atomic mass is 10.0. The Balaban J connectivity index is 2.69. The SMILES string of the molecule is Cc1ccc(-c2n[nH]c(=O)cc2C#N)c(C)c1. The molecule has 2 aromatic rings. The summed E-state index contributed by atoms with van der Waals surface area (Å²) in [5, 5.41) is 15.3. The molecule has 0 aliphatic carbocycles. The van der Waals surface area contributed by atoms with Crippen molar-refractivity contribution >= 4 is 0 Å². The zero-order valence-corrected chi connectivity index (χ0v) is 9.61. The van der Waals surface area contributed by atoms with E-state index in [-0.39, 0.29) is 5.56 Å². The van der Waals surface area contributed by atoms with E-state index in [2.05, 4.69) is 10.2 Å². The van der Waals surface area contributed by atoms with Gasteiger partial charge in [-0.25, -0.2) is 5.10 Å². The van der Waals surface area contributed by atoms with Gasteiger partial charge in [0.2, 0.25) is 0 Å². The predicted molar refractivity (Wildman–Crippen MR) is 64.5 cm³/mol. The van der Waals surface area contributed by atoms with Gasteiger partial charge in [0.15, 0.2) is 0 Å². The molecule has 0 unspecified atom stereocenters. The average molecular weight is 225 g/mol. The van der Waals surface area contributed by atoms with Crippen LogP contribution < -0.4 is 5.56 Å². The summed E-state index contributed by atoms with van der Waals surface area (Å²) in [7, 11) is 0. The molecule has 0 amide bonds. The Morgan fingerprint density at radius 2 is 2.06 bits per heavy atom. The number of nitrogens with zero attached hydrogens (tertiary/aromatic N) is 2. The van der Waals surface area contributed by atoms with Crippen molar-refractivity contribution in [1.82, 2.24) is 10.2 Å². The van der Waals surface area contributed by atoms with Crippen molar-refractivity contribution in [3.8, 4) is 17.3 Å². The predicted octanol–water partition coefficient (Wildman–Crippen LogP) is 1.93. The maximum atomic E-state index is 11.1. The Kier molecular flexibility index (Phi) is 2.75. The third-order valence-electron chi connectivity index (χ3n) is 2.57. The summed E-state index contributed by atoms with van der Waals surface area (Å²) in [4.78, 5) is 11.1. The van der Waals surface area contributed by atoms with Crippen molar-refractivity contribution in [2.75, 3.05) is 0 Å². The minimum atomic E-state index is -0.366. The van der Waals surface area contributed by atoms with Crippen molar-refractivity contribution in [3.63, 3.8) is 0 Å². The van der Waals surface area contributed by atoms with E-state index in [4.69, 9.17) is 5.26 Å². The molecule has 0 aliphatic heterocycles. The number of nitriles is 1. The lowest BCUT2D eigenvalue weighted by Crippen LogP contribution is -2.09. The number of hydrogen-bond donors (Lipinski definition) is 1. The van der Waals surface area contributed by atoms with Gasteiger partial charge in [-0.05, 0) is 19.4 Å². The van der Waals surface area contributed by atoms with Crippen LogP contribution in [-0.2, 0) is 0 Å². The molecule has 1 aromatic carbocycles. The van der Waals surface area contributed by atoms with Gasteiger partial charge in [-0.2, -0.15) is 10.4 Å². The monoisotopic (exact) mass is 225 g/mol. The van der Waals surface area contributed by atoms with E-state index in [0.29, 0.717) is 11.3 Å². The smallest absolute Gasteiger partial charge is 0.265 e. The standard InChI is InChI=1S/C13H11N3O/c1-8-3-4-11(9(2)5-8)13-10(7-14)6-12(17)15-16-13/h3-6H,1-2H3,(H,15,17). The lowest BCUT2D eigenvalue weighted by Gasteiger charge is -2.06. The lowest BCUT2D eigenvalue weighted by molar-refractivity contribution is 0.988. The fourth-order valence-electron chi connectivity index (χ4n) is 1.77. The first-order valence-electron chi connectivity index (χ1n) is 5.19. The van der Waals surface area contributed by atoms with Crippen LogP contribution in [0.5, 0.6) is 0 Å². The molecule has 4 heteroatoms. The Morgan fingerprint density at radius 3 is 2.71 bits per heavy atom. The van der Waals surface area contributed by atoms with Gasteiger partial charge in [0.1, 0.15) is 11.8 Å². The molecule has 0 aliphatic rings. The van der Waals surface area contributed by atoms with Gasteiger partial charge in [0.25, 0.3) is 5.56 Å². The molecule has 2 rings (SSSR count). The molecule has 0 fully saturated rings. The maximum absolute atomic E-state index is 11.1. The Bertz CT molecular complexity index is 665. The number of benzene rings is 1. The number of H-pyrrole nitrogens is 1. The molecule has 0 saturated heterocycles. The highest BCUT2D eigenvalue weighted by Gasteiger charge is 2.10. The van der Waals surface area contributed by atoms with E-state index >= 15 is 0 Å². The molecule has 0 atom stereocenters. The van der Waals surface area contributed by atoms with Crippen molar-refractivity contribution in [2.45, 2.75) is 13.8 Å². The number of aromatic nitrogens is 2. The van der Waals surface area contributed by atoms with Crippen LogP contribution in [0.15, 0.2) is 29.1 Å². The first-order valence-corrected chi connectivity index (χ1v) is 5.19. The Labute approximate surface area is 98.5 Å². The van der Waals surface area contributed by atoms with E-state index in [1.165, 1.54) is 6.07 Å². The molecule has 4 nitrogen and oxygen atoms in total. The molecule has 17 heavy (non-hydrogen) atoms. The van der Waals surface area contributed by atoms with E-state index in [9.17, 15) is 4.79 Å². The number of nitrogens with one attached hydrogen (secondary N) is 1. The highest BCUT2D eigenvalue weighted by Crippen LogP contribution is 2.23. The van der Waals surface area contributed by atoms with Crippen LogP contribution in [0.1, 0.15) is 16.7 Å². The van der Waals surface area contributed by atoms with Gasteiger partial charge < -0.3 is 0 Å². The zero-order chi connectivity index (χ0) is 12.4. The normalized spacial score (nSPS) is 9.94. The largest absolute Gasteiger partial charge is 0.268 e. The first kappa shape index (κ1) is 11.1. The fourth-order valence-corrected chi connectivity index (χ4v) is 1.77. The maximum Gasteiger partial charge on any atom is 0.265 e. The minimum Gasteiger partial charge on any atom is -0.268 e. The summed E-state index contributed by atoms with van der Waals surface area (Å²) >= 11 is 0. The van der Waals surface area contributed by atoms with Crippen LogP contribution in [0.2, 0.25) is 0 Å². The van der Waals surface area contributed by atoms with Gasteiger partial charge in [-0.15, -0.1) is 0 Å². The number of hydrogen-bond acceptors (Lipinski definition) is 3. The van der Waals surface area contributed by atoms with Crippen molar-refractivity contribution in [1.29, 1.82) is 5.26 Å². The second-order valence-corrected chi connectivity index (χ2v) is 3.92. The topological polar surface area (TPSA) is 69.5 Å². The summed E-state index contributed by atoms with van der Waals surface area (Å²) in [5.41, 5.74) is 3.49. The van der Waals surface area contributed by atoms with Crippen molar-refractivity contribution in [2.24, 2.45) is 0 Å². The van der Waals surface area contributed by atoms with Crippen LogP contribution >= 0.6 is 0 Å². The van der Waals surface area contributed by atoms with Gasteiger partial charge in [-0.1, -0.05) is 23.8 Å². The van der Waals surface area contributed by atoms with E-state index in [0.717, 1.165) is 16.7 Å². The molecule has 0 saturated carbocycles. The third-order valence-corrected chi connectivity index (χ3v) is 2.57. The van der Waals surface area contributed by atoms with Crippen LogP contribution in [0.3, 0.4) is 0 Å². The number of aromatic amines is 1. The molecule has 1 N–H and O–H groups in total. The van der Waals surface area contributed by atoms with Crippen molar-refractivity contribution < 1.29 is 0 Å². The quantitative estimate of drug-likeness (QED) is 0.806. The molecule has 1 heterocycles. The van der Waals surface area contributed by atoms with Gasteiger partial charge in [-0.3, -0.25) is 4.79 Å². The zero-order valence-electron chi connectivity index (χ0n) is 9.61. The van der Waals surface area contributed by atoms with Crippen LogP contribution in [-0.4, -0.2) is 10.2 Å². The first-order chi connectivity index (χ1) is 8.11. The van der Waals surface area contributed by atoms with Crippen LogP contribution in [0.25, 0.3) is 11.3 Å². The minimum absolute atomic E-state index is 0.292. The van der Waals surface area contributed by atoms with E-state index in [1.54, 1.807) is 0 Å². The molecular formula is C13H11N3O. The molecule has 0 spiro atoms. The Morgan fingerprint density at radius 1 is 1.29 bits per heavy atom. The molecular weight excluding hydrogens is 214 g/mol. The summed E-state index contributed by atoms with van der Waals surface area (Å²) < 4.78 is 0. The van der Waals surface area contributed by atoms with Crippen molar-refractivity contribution in [3.05, 3.63) is 51.3 Å². The van der Waals surface area contributed by atoms with E-state index < -0.39 is 0 Å². The highest BCUT2D eigenvalue weighted by atomic mass is 16.1. The number of rotatable bonds is 1. The second-order valence-electron chi connectivity index (χ2n) is 3.92. The van der Waals surface area contributed by atoms with Gasteiger partial charge in [0, 0.05) is 11.6 Å². The highest BCUT2D eigenvalue weighted by molar-refractivity contribution is 5.69. The summed E-state index contributed by atoms with van der Waals surface area (Å²) in [5.74, 6) is 0. The molecule has 0 bridgehead atoms. The van der Waals surface area contributed by atoms with Gasteiger partial charge in [0.05, 0.1) is 5.56 Å². The molecule has 84 valence electrons. The fraction of sp³-hybridized carbons (Fsp3) is 0.154. The molecule has 0 radical (unpaired) electrons. The molecule has 1 aromatic heterocycles.